The number of hydrogen-bond acceptors (Lipinski definition) is 4. The normalized spacial score (nSPS) is 10.6. The highest BCUT2D eigenvalue weighted by atomic mass is 16.5. The van der Waals surface area contributed by atoms with Crippen molar-refractivity contribution in [1.29, 1.82) is 0 Å². The second-order valence-corrected chi connectivity index (χ2v) is 5.09. The van der Waals surface area contributed by atoms with Gasteiger partial charge in [0, 0.05) is 0 Å². The molecule has 4 heteroatoms. The Morgan fingerprint density at radius 2 is 1.64 bits per heavy atom. The lowest BCUT2D eigenvalue weighted by atomic mass is 10.1. The van der Waals surface area contributed by atoms with Crippen LogP contribution in [0, 0.1) is 6.92 Å². The monoisotopic (exact) mass is 292 g/mol. The van der Waals surface area contributed by atoms with E-state index in [1.807, 2.05) is 43.3 Å². The minimum absolute atomic E-state index is 0.0167. The second kappa shape index (κ2) is 5.93. The fourth-order valence-electron chi connectivity index (χ4n) is 2.29. The standard InChI is InChI=1S/C18H16N2O2/c1-12-17(20-16-9-5-4-8-15(16)19-12)11-22-18-10-6-3-7-14(18)13(2)21/h3-10H,11H2,1-2H3. The van der Waals surface area contributed by atoms with Gasteiger partial charge < -0.3 is 4.74 Å². The second-order valence-electron chi connectivity index (χ2n) is 5.09. The molecule has 0 amide bonds. The zero-order valence-corrected chi connectivity index (χ0v) is 12.5. The quantitative estimate of drug-likeness (QED) is 0.688. The summed E-state index contributed by atoms with van der Waals surface area (Å²) in [5.74, 6) is 0.557. The van der Waals surface area contributed by atoms with Gasteiger partial charge in [-0.2, -0.15) is 0 Å². The number of ether oxygens (including phenoxy) is 1. The zero-order valence-electron chi connectivity index (χ0n) is 12.5. The number of benzene rings is 2. The van der Waals surface area contributed by atoms with Gasteiger partial charge >= 0.3 is 0 Å². The van der Waals surface area contributed by atoms with Crippen LogP contribution in [0.15, 0.2) is 48.5 Å². The molecule has 1 heterocycles. The Hall–Kier alpha value is -2.75. The molecule has 0 fully saturated rings. The topological polar surface area (TPSA) is 52.1 Å². The van der Waals surface area contributed by atoms with E-state index in [1.165, 1.54) is 6.92 Å². The largest absolute Gasteiger partial charge is 0.486 e. The predicted molar refractivity (Wildman–Crippen MR) is 85.1 cm³/mol. The van der Waals surface area contributed by atoms with Crippen molar-refractivity contribution in [2.45, 2.75) is 20.5 Å². The number of nitrogens with zero attached hydrogens (tertiary/aromatic N) is 2. The average molecular weight is 292 g/mol. The average Bonchev–Trinajstić information content (AvgIpc) is 2.53. The number of aromatic nitrogens is 2. The highest BCUT2D eigenvalue weighted by molar-refractivity contribution is 5.96. The van der Waals surface area contributed by atoms with Crippen molar-refractivity contribution in [2.75, 3.05) is 0 Å². The molecule has 3 rings (SSSR count). The molecule has 1 aromatic heterocycles. The number of hydrogen-bond donors (Lipinski definition) is 0. The van der Waals surface area contributed by atoms with E-state index >= 15 is 0 Å². The third kappa shape index (κ3) is 2.81. The molecule has 0 aliphatic rings. The van der Waals surface area contributed by atoms with Gasteiger partial charge in [0.1, 0.15) is 12.4 Å². The van der Waals surface area contributed by atoms with Crippen LogP contribution in [0.2, 0.25) is 0 Å². The van der Waals surface area contributed by atoms with E-state index in [0.29, 0.717) is 11.3 Å². The van der Waals surface area contributed by atoms with Gasteiger partial charge in [-0.05, 0) is 38.1 Å². The van der Waals surface area contributed by atoms with Gasteiger partial charge in [-0.1, -0.05) is 24.3 Å². The number of aryl methyl sites for hydroxylation is 1. The summed E-state index contributed by atoms with van der Waals surface area (Å²) in [6.45, 7) is 3.73. The number of ketones is 1. The molecule has 0 aliphatic heterocycles. The van der Waals surface area contributed by atoms with Crippen molar-refractivity contribution in [3.63, 3.8) is 0 Å². The van der Waals surface area contributed by atoms with Gasteiger partial charge in [0.2, 0.25) is 0 Å². The van der Waals surface area contributed by atoms with Crippen molar-refractivity contribution in [3.8, 4) is 5.75 Å². The van der Waals surface area contributed by atoms with Crippen LogP contribution in [0.25, 0.3) is 11.0 Å². The third-order valence-electron chi connectivity index (χ3n) is 3.47. The van der Waals surface area contributed by atoms with E-state index < -0.39 is 0 Å². The van der Waals surface area contributed by atoms with E-state index in [9.17, 15) is 4.79 Å². The van der Waals surface area contributed by atoms with Crippen molar-refractivity contribution < 1.29 is 9.53 Å². The molecule has 0 saturated carbocycles. The number of fused-ring (bicyclic) bond motifs is 1. The van der Waals surface area contributed by atoms with E-state index in [2.05, 4.69) is 9.97 Å². The predicted octanol–water partition coefficient (Wildman–Crippen LogP) is 3.72. The molecule has 4 nitrogen and oxygen atoms in total. The maximum Gasteiger partial charge on any atom is 0.163 e. The SMILES string of the molecule is CC(=O)c1ccccc1OCc1nc2ccccc2nc1C. The first-order valence-corrected chi connectivity index (χ1v) is 7.10. The smallest absolute Gasteiger partial charge is 0.163 e. The van der Waals surface area contributed by atoms with Gasteiger partial charge in [-0.25, -0.2) is 9.97 Å². The molecule has 0 aliphatic carbocycles. The Kier molecular flexibility index (Phi) is 3.83. The lowest BCUT2D eigenvalue weighted by Crippen LogP contribution is -2.06. The molecule has 0 spiro atoms. The van der Waals surface area contributed by atoms with Gasteiger partial charge in [0.25, 0.3) is 0 Å². The number of rotatable bonds is 4. The molecular formula is C18H16N2O2. The number of Topliss-reactive ketones (excluding diaryl/α,β-unsaturated/α-hetero) is 1. The van der Waals surface area contributed by atoms with Crippen LogP contribution in [0.5, 0.6) is 5.75 Å². The summed E-state index contributed by atoms with van der Waals surface area (Å²) in [7, 11) is 0. The van der Waals surface area contributed by atoms with Crippen LogP contribution in [0.1, 0.15) is 28.7 Å². The Bertz CT molecular complexity index is 843. The molecule has 2 aromatic carbocycles. The first-order chi connectivity index (χ1) is 10.6. The number of carbonyl (C=O) groups excluding carboxylic acids is 1. The van der Waals surface area contributed by atoms with Crippen molar-refractivity contribution in [2.24, 2.45) is 0 Å². The lowest BCUT2D eigenvalue weighted by molar-refractivity contribution is 0.101. The summed E-state index contributed by atoms with van der Waals surface area (Å²) in [6.07, 6.45) is 0. The molecule has 3 aromatic rings. The van der Waals surface area contributed by atoms with Gasteiger partial charge in [-0.15, -0.1) is 0 Å². The molecule has 0 atom stereocenters. The Morgan fingerprint density at radius 1 is 1.00 bits per heavy atom. The summed E-state index contributed by atoms with van der Waals surface area (Å²) in [4.78, 5) is 20.7. The van der Waals surface area contributed by atoms with E-state index in [0.717, 1.165) is 22.4 Å². The van der Waals surface area contributed by atoms with Gasteiger partial charge in [-0.3, -0.25) is 4.79 Å². The lowest BCUT2D eigenvalue weighted by Gasteiger charge is -2.11. The van der Waals surface area contributed by atoms with Crippen LogP contribution in [-0.4, -0.2) is 15.8 Å². The molecular weight excluding hydrogens is 276 g/mol. The Labute approximate surface area is 128 Å². The maximum atomic E-state index is 11.6. The van der Waals surface area contributed by atoms with Crippen LogP contribution >= 0.6 is 0 Å². The fraction of sp³-hybridized carbons (Fsp3) is 0.167. The van der Waals surface area contributed by atoms with Crippen LogP contribution in [-0.2, 0) is 6.61 Å². The molecule has 0 N–H and O–H groups in total. The third-order valence-corrected chi connectivity index (χ3v) is 3.47. The Balaban J connectivity index is 1.88. The van der Waals surface area contributed by atoms with E-state index in [1.54, 1.807) is 12.1 Å². The van der Waals surface area contributed by atoms with Crippen LogP contribution in [0.4, 0.5) is 0 Å². The Morgan fingerprint density at radius 3 is 2.36 bits per heavy atom. The minimum Gasteiger partial charge on any atom is -0.486 e. The summed E-state index contributed by atoms with van der Waals surface area (Å²) < 4.78 is 5.79. The van der Waals surface area contributed by atoms with Crippen LogP contribution < -0.4 is 4.74 Å². The van der Waals surface area contributed by atoms with Crippen molar-refractivity contribution in [1.82, 2.24) is 9.97 Å². The highest BCUT2D eigenvalue weighted by Crippen LogP contribution is 2.20. The molecule has 0 saturated heterocycles. The summed E-state index contributed by atoms with van der Waals surface area (Å²) in [6, 6.07) is 15.0. The van der Waals surface area contributed by atoms with Crippen molar-refractivity contribution >= 4 is 16.8 Å². The van der Waals surface area contributed by atoms with E-state index in [-0.39, 0.29) is 12.4 Å². The summed E-state index contributed by atoms with van der Waals surface area (Å²) >= 11 is 0. The highest BCUT2D eigenvalue weighted by Gasteiger charge is 2.10. The summed E-state index contributed by atoms with van der Waals surface area (Å²) in [5.41, 5.74) is 3.89. The molecule has 0 unspecified atom stereocenters. The number of carbonyl (C=O) groups is 1. The van der Waals surface area contributed by atoms with Gasteiger partial charge in [0.15, 0.2) is 5.78 Å². The van der Waals surface area contributed by atoms with Crippen LogP contribution in [0.3, 0.4) is 0 Å². The summed E-state index contributed by atoms with van der Waals surface area (Å²) in [5, 5.41) is 0. The minimum atomic E-state index is -0.0167. The molecule has 0 radical (unpaired) electrons. The first kappa shape index (κ1) is 14.2. The van der Waals surface area contributed by atoms with Crippen molar-refractivity contribution in [3.05, 3.63) is 65.5 Å². The number of para-hydroxylation sites is 3. The van der Waals surface area contributed by atoms with E-state index in [4.69, 9.17) is 4.74 Å². The zero-order chi connectivity index (χ0) is 15.5. The first-order valence-electron chi connectivity index (χ1n) is 7.10. The molecule has 110 valence electrons. The van der Waals surface area contributed by atoms with Gasteiger partial charge in [0.05, 0.1) is 28.0 Å². The maximum absolute atomic E-state index is 11.6. The molecule has 0 bridgehead atoms. The fourth-order valence-corrected chi connectivity index (χ4v) is 2.29. The molecule has 22 heavy (non-hydrogen) atoms.